The van der Waals surface area contributed by atoms with Crippen LogP contribution in [0.4, 0.5) is 0 Å². The Hall–Kier alpha value is -1.29. The number of aromatic nitrogens is 1. The van der Waals surface area contributed by atoms with Gasteiger partial charge in [0.15, 0.2) is 0 Å². The number of rotatable bonds is 4. The van der Waals surface area contributed by atoms with Crippen LogP contribution in [-0.2, 0) is 0 Å². The number of likely N-dealkylation sites (N-methyl/N-ethyl adjacent to an activating group) is 1. The highest BCUT2D eigenvalue weighted by atomic mass is 16.3. The van der Waals surface area contributed by atoms with Gasteiger partial charge in [0.1, 0.15) is 5.69 Å². The highest BCUT2D eigenvalue weighted by molar-refractivity contribution is 5.92. The Kier molecular flexibility index (Phi) is 3.29. The summed E-state index contributed by atoms with van der Waals surface area (Å²) in [5, 5.41) is 8.82. The number of carbonyl (C=O) groups excluding carboxylic acids is 1. The van der Waals surface area contributed by atoms with Gasteiger partial charge in [-0.15, -0.1) is 0 Å². The minimum absolute atomic E-state index is 0.00633. The molecule has 1 aromatic rings. The molecule has 1 fully saturated rings. The van der Waals surface area contributed by atoms with E-state index in [0.717, 1.165) is 5.69 Å². The van der Waals surface area contributed by atoms with Crippen molar-refractivity contribution >= 4 is 5.91 Å². The van der Waals surface area contributed by atoms with E-state index in [9.17, 15) is 4.79 Å². The summed E-state index contributed by atoms with van der Waals surface area (Å²) < 4.78 is 2.07. The van der Waals surface area contributed by atoms with Crippen LogP contribution in [0.1, 0.15) is 35.8 Å². The Morgan fingerprint density at radius 3 is 2.94 bits per heavy atom. The van der Waals surface area contributed by atoms with Crippen molar-refractivity contribution in [1.82, 2.24) is 9.47 Å². The summed E-state index contributed by atoms with van der Waals surface area (Å²) in [6, 6.07) is 4.27. The molecule has 2 rings (SSSR count). The van der Waals surface area contributed by atoms with Gasteiger partial charge in [-0.2, -0.15) is 0 Å². The molecular formula is C12H18N2O2. The maximum Gasteiger partial charge on any atom is 0.270 e. The van der Waals surface area contributed by atoms with E-state index in [2.05, 4.69) is 4.57 Å². The molecule has 4 heteroatoms. The zero-order valence-electron chi connectivity index (χ0n) is 9.59. The summed E-state index contributed by atoms with van der Waals surface area (Å²) in [4.78, 5) is 13.6. The number of aliphatic hydroxyl groups excluding tert-OH is 1. The van der Waals surface area contributed by atoms with Gasteiger partial charge in [-0.05, 0) is 31.4 Å². The molecule has 1 saturated carbocycles. The lowest BCUT2D eigenvalue weighted by atomic mass is 9.93. The fourth-order valence-electron chi connectivity index (χ4n) is 2.01. The van der Waals surface area contributed by atoms with E-state index in [-0.39, 0.29) is 12.5 Å². The molecule has 1 aliphatic carbocycles. The van der Waals surface area contributed by atoms with Gasteiger partial charge in [0, 0.05) is 25.8 Å². The summed E-state index contributed by atoms with van der Waals surface area (Å²) in [5.74, 6) is -0.00838. The van der Waals surface area contributed by atoms with Gasteiger partial charge in [-0.25, -0.2) is 0 Å². The minimum Gasteiger partial charge on any atom is -0.395 e. The monoisotopic (exact) mass is 222 g/mol. The molecule has 88 valence electrons. The third-order valence-corrected chi connectivity index (χ3v) is 3.25. The fraction of sp³-hybridized carbons (Fsp3) is 0.583. The van der Waals surface area contributed by atoms with Crippen molar-refractivity contribution in [3.05, 3.63) is 24.0 Å². The van der Waals surface area contributed by atoms with Gasteiger partial charge < -0.3 is 14.6 Å². The lowest BCUT2D eigenvalue weighted by Gasteiger charge is -2.29. The number of aliphatic hydroxyl groups is 1. The maximum absolute atomic E-state index is 12.1. The van der Waals surface area contributed by atoms with E-state index in [1.807, 2.05) is 18.3 Å². The summed E-state index contributed by atoms with van der Waals surface area (Å²) >= 11 is 0. The van der Waals surface area contributed by atoms with Crippen molar-refractivity contribution in [2.24, 2.45) is 0 Å². The second-order valence-corrected chi connectivity index (χ2v) is 4.34. The number of hydrogen-bond acceptors (Lipinski definition) is 2. The van der Waals surface area contributed by atoms with Crippen LogP contribution >= 0.6 is 0 Å². The number of hydrogen-bond donors (Lipinski definition) is 1. The Labute approximate surface area is 95.5 Å². The summed E-state index contributed by atoms with van der Waals surface area (Å²) in [6.45, 7) is 0.390. The van der Waals surface area contributed by atoms with Crippen LogP contribution in [0.5, 0.6) is 0 Å². The lowest BCUT2D eigenvalue weighted by Crippen LogP contribution is -2.32. The Morgan fingerprint density at radius 1 is 1.62 bits per heavy atom. The molecule has 16 heavy (non-hydrogen) atoms. The molecule has 1 aromatic heterocycles. The molecule has 1 heterocycles. The van der Waals surface area contributed by atoms with E-state index in [1.54, 1.807) is 11.9 Å². The van der Waals surface area contributed by atoms with Crippen LogP contribution in [0, 0.1) is 0 Å². The predicted octanol–water partition coefficient (Wildman–Crippen LogP) is 1.28. The molecule has 0 aliphatic heterocycles. The zero-order chi connectivity index (χ0) is 11.5. The third-order valence-electron chi connectivity index (χ3n) is 3.25. The van der Waals surface area contributed by atoms with Crippen LogP contribution < -0.4 is 0 Å². The molecule has 0 saturated heterocycles. The van der Waals surface area contributed by atoms with Crippen molar-refractivity contribution in [1.29, 1.82) is 0 Å². The molecule has 0 unspecified atom stereocenters. The molecule has 1 N–H and O–H groups in total. The predicted molar refractivity (Wildman–Crippen MR) is 61.4 cm³/mol. The van der Waals surface area contributed by atoms with Crippen LogP contribution in [0.2, 0.25) is 0 Å². The highest BCUT2D eigenvalue weighted by Crippen LogP contribution is 2.32. The first-order chi connectivity index (χ1) is 7.74. The smallest absolute Gasteiger partial charge is 0.270 e. The Balaban J connectivity index is 2.13. The SMILES string of the molecule is CN(CCO)C(=O)c1cccn1C1CCC1. The molecule has 1 amide bonds. The molecule has 0 radical (unpaired) electrons. The Bertz CT molecular complexity index is 369. The van der Waals surface area contributed by atoms with Gasteiger partial charge in [0.05, 0.1) is 6.61 Å². The van der Waals surface area contributed by atoms with E-state index < -0.39 is 0 Å². The fourth-order valence-corrected chi connectivity index (χ4v) is 2.01. The lowest BCUT2D eigenvalue weighted by molar-refractivity contribution is 0.0750. The maximum atomic E-state index is 12.1. The van der Waals surface area contributed by atoms with E-state index in [0.29, 0.717) is 12.6 Å². The molecule has 4 nitrogen and oxygen atoms in total. The number of nitrogens with zero attached hydrogens (tertiary/aromatic N) is 2. The van der Waals surface area contributed by atoms with Gasteiger partial charge in [-0.1, -0.05) is 0 Å². The molecule has 0 spiro atoms. The standard InChI is InChI=1S/C12H18N2O2/c1-13(8-9-15)12(16)11-6-3-7-14(11)10-4-2-5-10/h3,6-7,10,15H,2,4-5,8-9H2,1H3. The molecular weight excluding hydrogens is 204 g/mol. The minimum atomic E-state index is -0.00838. The molecule has 0 bridgehead atoms. The van der Waals surface area contributed by atoms with Crippen LogP contribution in [0.15, 0.2) is 18.3 Å². The number of carbonyl (C=O) groups is 1. The van der Waals surface area contributed by atoms with Gasteiger partial charge >= 0.3 is 0 Å². The highest BCUT2D eigenvalue weighted by Gasteiger charge is 2.24. The van der Waals surface area contributed by atoms with E-state index in [1.165, 1.54) is 19.3 Å². The van der Waals surface area contributed by atoms with Gasteiger partial charge in [0.2, 0.25) is 0 Å². The average Bonchev–Trinajstić information content (AvgIpc) is 2.63. The molecule has 0 aromatic carbocycles. The van der Waals surface area contributed by atoms with Gasteiger partial charge in [-0.3, -0.25) is 4.79 Å². The molecule has 0 atom stereocenters. The molecule has 1 aliphatic rings. The normalized spacial score (nSPS) is 15.9. The van der Waals surface area contributed by atoms with E-state index in [4.69, 9.17) is 5.11 Å². The third kappa shape index (κ3) is 1.97. The zero-order valence-corrected chi connectivity index (χ0v) is 9.59. The van der Waals surface area contributed by atoms with Crippen molar-refractivity contribution in [3.63, 3.8) is 0 Å². The average molecular weight is 222 g/mol. The van der Waals surface area contributed by atoms with Crippen molar-refractivity contribution in [2.75, 3.05) is 20.2 Å². The summed E-state index contributed by atoms with van der Waals surface area (Å²) in [5.41, 5.74) is 0.737. The summed E-state index contributed by atoms with van der Waals surface area (Å²) in [6.07, 6.45) is 5.56. The van der Waals surface area contributed by atoms with Crippen LogP contribution in [0.3, 0.4) is 0 Å². The first kappa shape index (κ1) is 11.2. The second kappa shape index (κ2) is 4.70. The van der Waals surface area contributed by atoms with Crippen molar-refractivity contribution in [2.45, 2.75) is 25.3 Å². The van der Waals surface area contributed by atoms with Crippen LogP contribution in [0.25, 0.3) is 0 Å². The van der Waals surface area contributed by atoms with Gasteiger partial charge in [0.25, 0.3) is 5.91 Å². The summed E-state index contributed by atoms with van der Waals surface area (Å²) in [7, 11) is 1.72. The van der Waals surface area contributed by atoms with Crippen molar-refractivity contribution in [3.8, 4) is 0 Å². The quantitative estimate of drug-likeness (QED) is 0.834. The van der Waals surface area contributed by atoms with Crippen LogP contribution in [-0.4, -0.2) is 40.7 Å². The largest absolute Gasteiger partial charge is 0.395 e. The number of amides is 1. The topological polar surface area (TPSA) is 45.5 Å². The first-order valence-electron chi connectivity index (χ1n) is 5.77. The first-order valence-corrected chi connectivity index (χ1v) is 5.77. The Morgan fingerprint density at radius 2 is 2.38 bits per heavy atom. The van der Waals surface area contributed by atoms with Crippen molar-refractivity contribution < 1.29 is 9.90 Å². The van der Waals surface area contributed by atoms with E-state index >= 15 is 0 Å². The second-order valence-electron chi connectivity index (χ2n) is 4.34.